The summed E-state index contributed by atoms with van der Waals surface area (Å²) in [7, 11) is 1.94. The second kappa shape index (κ2) is 5.78. The summed E-state index contributed by atoms with van der Waals surface area (Å²) in [6.07, 6.45) is 6.68. The van der Waals surface area contributed by atoms with Gasteiger partial charge in [-0.2, -0.15) is 5.10 Å². The fourth-order valence-electron chi connectivity index (χ4n) is 2.10. The molecule has 18 heavy (non-hydrogen) atoms. The van der Waals surface area contributed by atoms with E-state index in [1.165, 1.54) is 11.1 Å². The molecule has 0 saturated carbocycles. The van der Waals surface area contributed by atoms with Gasteiger partial charge in [0.25, 0.3) is 0 Å². The number of pyridine rings is 1. The van der Waals surface area contributed by atoms with Gasteiger partial charge in [-0.05, 0) is 30.7 Å². The standard InChI is InChI=1S/C14H20N4/c1-4-16-14(8-13-5-6-18(3)17-13)12-7-11(2)9-15-10-12/h5-7,9-10,14,16H,4,8H2,1-3H3. The molecule has 0 fully saturated rings. The third-order valence-electron chi connectivity index (χ3n) is 2.93. The van der Waals surface area contributed by atoms with Crippen LogP contribution in [0.5, 0.6) is 0 Å². The highest BCUT2D eigenvalue weighted by atomic mass is 15.2. The van der Waals surface area contributed by atoms with Crippen LogP contribution in [0, 0.1) is 6.92 Å². The summed E-state index contributed by atoms with van der Waals surface area (Å²) in [5.41, 5.74) is 3.52. The van der Waals surface area contributed by atoms with Gasteiger partial charge in [-0.25, -0.2) is 0 Å². The molecule has 0 spiro atoms. The normalized spacial score (nSPS) is 12.6. The zero-order chi connectivity index (χ0) is 13.0. The first-order valence-electron chi connectivity index (χ1n) is 6.32. The third kappa shape index (κ3) is 3.17. The van der Waals surface area contributed by atoms with Crippen LogP contribution in [0.2, 0.25) is 0 Å². The van der Waals surface area contributed by atoms with Crippen molar-refractivity contribution in [3.8, 4) is 0 Å². The molecule has 0 aliphatic heterocycles. The number of aryl methyl sites for hydroxylation is 2. The van der Waals surface area contributed by atoms with Crippen LogP contribution in [-0.4, -0.2) is 21.3 Å². The maximum atomic E-state index is 4.44. The molecule has 0 bridgehead atoms. The molecule has 2 heterocycles. The number of rotatable bonds is 5. The molecule has 0 aliphatic carbocycles. The van der Waals surface area contributed by atoms with E-state index in [1.54, 1.807) is 0 Å². The van der Waals surface area contributed by atoms with Crippen LogP contribution in [-0.2, 0) is 13.5 Å². The largest absolute Gasteiger partial charge is 0.310 e. The van der Waals surface area contributed by atoms with E-state index in [-0.39, 0.29) is 6.04 Å². The van der Waals surface area contributed by atoms with Crippen LogP contribution in [0.4, 0.5) is 0 Å². The van der Waals surface area contributed by atoms with Crippen LogP contribution in [0.3, 0.4) is 0 Å². The van der Waals surface area contributed by atoms with E-state index in [1.807, 2.05) is 30.3 Å². The fourth-order valence-corrected chi connectivity index (χ4v) is 2.10. The average molecular weight is 244 g/mol. The molecular formula is C14H20N4. The lowest BCUT2D eigenvalue weighted by Crippen LogP contribution is -2.23. The first-order valence-corrected chi connectivity index (χ1v) is 6.32. The Hall–Kier alpha value is -1.68. The first-order chi connectivity index (χ1) is 8.69. The van der Waals surface area contributed by atoms with Crippen molar-refractivity contribution in [2.45, 2.75) is 26.3 Å². The van der Waals surface area contributed by atoms with E-state index in [0.29, 0.717) is 0 Å². The monoisotopic (exact) mass is 244 g/mol. The predicted molar refractivity (Wildman–Crippen MR) is 72.3 cm³/mol. The number of hydrogen-bond acceptors (Lipinski definition) is 3. The minimum absolute atomic E-state index is 0.275. The topological polar surface area (TPSA) is 42.7 Å². The van der Waals surface area contributed by atoms with Gasteiger partial charge in [0, 0.05) is 38.1 Å². The van der Waals surface area contributed by atoms with E-state index < -0.39 is 0 Å². The second-order valence-corrected chi connectivity index (χ2v) is 4.59. The highest BCUT2D eigenvalue weighted by Crippen LogP contribution is 2.17. The van der Waals surface area contributed by atoms with Gasteiger partial charge in [0.15, 0.2) is 0 Å². The molecule has 0 amide bonds. The molecule has 2 rings (SSSR count). The van der Waals surface area contributed by atoms with Crippen molar-refractivity contribution in [2.75, 3.05) is 6.54 Å². The van der Waals surface area contributed by atoms with Crippen LogP contribution in [0.25, 0.3) is 0 Å². The maximum Gasteiger partial charge on any atom is 0.0643 e. The van der Waals surface area contributed by atoms with Gasteiger partial charge < -0.3 is 5.32 Å². The van der Waals surface area contributed by atoms with E-state index in [4.69, 9.17) is 0 Å². The van der Waals surface area contributed by atoms with E-state index in [2.05, 4.69) is 41.4 Å². The Balaban J connectivity index is 2.17. The predicted octanol–water partition coefficient (Wildman–Crippen LogP) is 2.02. The van der Waals surface area contributed by atoms with Gasteiger partial charge in [-0.1, -0.05) is 13.0 Å². The van der Waals surface area contributed by atoms with E-state index >= 15 is 0 Å². The lowest BCUT2D eigenvalue weighted by atomic mass is 10.0. The summed E-state index contributed by atoms with van der Waals surface area (Å²) in [5.74, 6) is 0. The molecule has 2 aromatic rings. The van der Waals surface area contributed by atoms with Crippen molar-refractivity contribution < 1.29 is 0 Å². The Labute approximate surface area is 108 Å². The minimum Gasteiger partial charge on any atom is -0.310 e. The minimum atomic E-state index is 0.275. The second-order valence-electron chi connectivity index (χ2n) is 4.59. The molecule has 4 heteroatoms. The SMILES string of the molecule is CCNC(Cc1ccn(C)n1)c1cncc(C)c1. The number of hydrogen-bond donors (Lipinski definition) is 1. The summed E-state index contributed by atoms with van der Waals surface area (Å²) in [5, 5.41) is 7.93. The maximum absolute atomic E-state index is 4.44. The van der Waals surface area contributed by atoms with Crippen LogP contribution in [0.15, 0.2) is 30.7 Å². The fraction of sp³-hybridized carbons (Fsp3) is 0.429. The molecule has 1 N–H and O–H groups in total. The first kappa shape index (κ1) is 12.8. The summed E-state index contributed by atoms with van der Waals surface area (Å²) in [6.45, 7) is 5.13. The summed E-state index contributed by atoms with van der Waals surface area (Å²) in [6, 6.07) is 4.52. The number of nitrogens with one attached hydrogen (secondary N) is 1. The van der Waals surface area contributed by atoms with Gasteiger partial charge in [0.1, 0.15) is 0 Å². The molecule has 4 nitrogen and oxygen atoms in total. The molecule has 0 saturated heterocycles. The van der Waals surface area contributed by atoms with E-state index in [9.17, 15) is 0 Å². The van der Waals surface area contributed by atoms with Crippen molar-refractivity contribution in [1.82, 2.24) is 20.1 Å². The van der Waals surface area contributed by atoms with Gasteiger partial charge >= 0.3 is 0 Å². The van der Waals surface area contributed by atoms with Crippen LogP contribution < -0.4 is 5.32 Å². The Morgan fingerprint density at radius 3 is 2.83 bits per heavy atom. The van der Waals surface area contributed by atoms with Crippen molar-refractivity contribution >= 4 is 0 Å². The molecule has 0 aromatic carbocycles. The van der Waals surface area contributed by atoms with Crippen molar-refractivity contribution in [1.29, 1.82) is 0 Å². The van der Waals surface area contributed by atoms with Crippen LogP contribution in [0.1, 0.15) is 29.8 Å². The van der Waals surface area contributed by atoms with Gasteiger partial charge in [0.05, 0.1) is 5.69 Å². The lowest BCUT2D eigenvalue weighted by molar-refractivity contribution is 0.538. The number of nitrogens with zero attached hydrogens (tertiary/aromatic N) is 3. The lowest BCUT2D eigenvalue weighted by Gasteiger charge is -2.17. The molecule has 96 valence electrons. The number of aromatic nitrogens is 3. The molecule has 2 aromatic heterocycles. The van der Waals surface area contributed by atoms with Crippen molar-refractivity contribution in [3.05, 3.63) is 47.5 Å². The Bertz CT molecular complexity index is 504. The van der Waals surface area contributed by atoms with Gasteiger partial charge in [0.2, 0.25) is 0 Å². The van der Waals surface area contributed by atoms with Crippen molar-refractivity contribution in [2.24, 2.45) is 7.05 Å². The van der Waals surface area contributed by atoms with Gasteiger partial charge in [-0.3, -0.25) is 9.67 Å². The quantitative estimate of drug-likeness (QED) is 0.875. The van der Waals surface area contributed by atoms with E-state index in [0.717, 1.165) is 18.7 Å². The van der Waals surface area contributed by atoms with Crippen LogP contribution >= 0.6 is 0 Å². The molecule has 1 unspecified atom stereocenters. The number of likely N-dealkylation sites (N-methyl/N-ethyl adjacent to an activating group) is 1. The third-order valence-corrected chi connectivity index (χ3v) is 2.93. The highest BCUT2D eigenvalue weighted by molar-refractivity contribution is 5.21. The Kier molecular flexibility index (Phi) is 4.10. The van der Waals surface area contributed by atoms with Crippen molar-refractivity contribution in [3.63, 3.8) is 0 Å². The summed E-state index contributed by atoms with van der Waals surface area (Å²) in [4.78, 5) is 4.27. The summed E-state index contributed by atoms with van der Waals surface area (Å²) < 4.78 is 1.84. The Morgan fingerprint density at radius 2 is 2.22 bits per heavy atom. The average Bonchev–Trinajstić information content (AvgIpc) is 2.74. The molecule has 0 radical (unpaired) electrons. The van der Waals surface area contributed by atoms with Gasteiger partial charge in [-0.15, -0.1) is 0 Å². The highest BCUT2D eigenvalue weighted by Gasteiger charge is 2.13. The zero-order valence-corrected chi connectivity index (χ0v) is 11.2. The Morgan fingerprint density at radius 1 is 1.39 bits per heavy atom. The molecular weight excluding hydrogens is 224 g/mol. The smallest absolute Gasteiger partial charge is 0.0643 e. The molecule has 0 aliphatic rings. The summed E-state index contributed by atoms with van der Waals surface area (Å²) >= 11 is 0. The zero-order valence-electron chi connectivity index (χ0n) is 11.2. The molecule has 1 atom stereocenters.